The van der Waals surface area contributed by atoms with Gasteiger partial charge in [-0.15, -0.1) is 0 Å². The van der Waals surface area contributed by atoms with Gasteiger partial charge in [-0.3, -0.25) is 4.21 Å². The highest BCUT2D eigenvalue weighted by atomic mass is 35.5. The topological polar surface area (TPSA) is 40.9 Å². The van der Waals surface area contributed by atoms with Crippen molar-refractivity contribution in [2.45, 2.75) is 43.4 Å². The first-order valence-electron chi connectivity index (χ1n) is 8.13. The molecule has 1 unspecified atom stereocenters. The molecule has 2 atom stereocenters. The molecule has 2 aromatic rings. The van der Waals surface area contributed by atoms with Crippen LogP contribution >= 0.6 is 11.6 Å². The average molecular weight is 360 g/mol. The summed E-state index contributed by atoms with van der Waals surface area (Å²) in [6, 6.07) is 17.5. The molecule has 0 amide bonds. The number of benzene rings is 2. The van der Waals surface area contributed by atoms with Crippen LogP contribution in [0.15, 0.2) is 53.4 Å². The zero-order chi connectivity index (χ0) is 17.6. The molecule has 0 aliphatic rings. The van der Waals surface area contributed by atoms with Gasteiger partial charge < -0.3 is 0 Å². The Morgan fingerprint density at radius 2 is 1.75 bits per heavy atom. The van der Waals surface area contributed by atoms with Crippen molar-refractivity contribution in [3.05, 3.63) is 64.7 Å². The second-order valence-corrected chi connectivity index (χ2v) is 7.99. The lowest BCUT2D eigenvalue weighted by Crippen LogP contribution is -2.31. The normalized spacial score (nSPS) is 14.6. The minimum absolute atomic E-state index is 0.300. The van der Waals surface area contributed by atoms with Gasteiger partial charge in [0.05, 0.1) is 28.0 Å². The minimum atomic E-state index is -1.23. The van der Waals surface area contributed by atoms with E-state index in [-0.39, 0.29) is 0 Å². The van der Waals surface area contributed by atoms with E-state index in [1.165, 1.54) is 0 Å². The molecular formula is C20H22ClNOS. The maximum absolute atomic E-state index is 12.9. The summed E-state index contributed by atoms with van der Waals surface area (Å²) in [5, 5.41) is 10.6. The molecule has 0 aliphatic carbocycles. The van der Waals surface area contributed by atoms with Crippen LogP contribution in [-0.2, 0) is 16.2 Å². The van der Waals surface area contributed by atoms with Crippen molar-refractivity contribution < 1.29 is 4.21 Å². The predicted molar refractivity (Wildman–Crippen MR) is 101 cm³/mol. The van der Waals surface area contributed by atoms with Gasteiger partial charge in [0.15, 0.2) is 0 Å². The lowest BCUT2D eigenvalue weighted by molar-refractivity contribution is 0.523. The van der Waals surface area contributed by atoms with Gasteiger partial charge in [0, 0.05) is 9.92 Å². The third-order valence-corrected chi connectivity index (χ3v) is 6.03. The number of rotatable bonds is 7. The fourth-order valence-electron chi connectivity index (χ4n) is 2.70. The number of unbranched alkanes of at least 4 members (excludes halogenated alkanes) is 1. The van der Waals surface area contributed by atoms with Gasteiger partial charge in [-0.25, -0.2) is 0 Å². The summed E-state index contributed by atoms with van der Waals surface area (Å²) in [7, 11) is -1.23. The van der Waals surface area contributed by atoms with E-state index < -0.39 is 16.2 Å². The first-order chi connectivity index (χ1) is 11.5. The van der Waals surface area contributed by atoms with E-state index in [9.17, 15) is 9.47 Å². The number of halogens is 1. The summed E-state index contributed by atoms with van der Waals surface area (Å²) in [6.45, 7) is 4.10. The Balaban J connectivity index is 2.35. The van der Waals surface area contributed by atoms with Crippen LogP contribution in [0.5, 0.6) is 0 Å². The van der Waals surface area contributed by atoms with Crippen molar-refractivity contribution in [3.8, 4) is 6.07 Å². The zero-order valence-electron chi connectivity index (χ0n) is 14.1. The van der Waals surface area contributed by atoms with E-state index >= 15 is 0 Å². The van der Waals surface area contributed by atoms with E-state index in [1.54, 1.807) is 12.1 Å². The van der Waals surface area contributed by atoms with Crippen molar-refractivity contribution >= 4 is 22.4 Å². The van der Waals surface area contributed by atoms with Crippen LogP contribution in [0.2, 0.25) is 5.02 Å². The second kappa shape index (κ2) is 8.46. The Hall–Kier alpha value is -1.63. The molecule has 0 spiro atoms. The molecular weight excluding hydrogens is 338 g/mol. The van der Waals surface area contributed by atoms with E-state index in [2.05, 4.69) is 13.0 Å². The van der Waals surface area contributed by atoms with E-state index in [4.69, 9.17) is 11.6 Å². The van der Waals surface area contributed by atoms with Crippen molar-refractivity contribution in [3.63, 3.8) is 0 Å². The van der Waals surface area contributed by atoms with Crippen molar-refractivity contribution in [1.29, 1.82) is 5.26 Å². The molecule has 0 aliphatic heterocycles. The lowest BCUT2D eigenvalue weighted by Gasteiger charge is -2.27. The molecule has 24 heavy (non-hydrogen) atoms. The first-order valence-corrected chi connectivity index (χ1v) is 9.83. The number of hydrogen-bond donors (Lipinski definition) is 0. The molecule has 0 aromatic heterocycles. The van der Waals surface area contributed by atoms with Crippen molar-refractivity contribution in [2.75, 3.05) is 5.75 Å². The van der Waals surface area contributed by atoms with Crippen LogP contribution in [0.1, 0.15) is 37.3 Å². The van der Waals surface area contributed by atoms with Gasteiger partial charge >= 0.3 is 0 Å². The number of hydrogen-bond acceptors (Lipinski definition) is 2. The summed E-state index contributed by atoms with van der Waals surface area (Å²) in [6.07, 6.45) is 2.61. The second-order valence-electron chi connectivity index (χ2n) is 6.11. The van der Waals surface area contributed by atoms with Crippen molar-refractivity contribution in [1.82, 2.24) is 0 Å². The van der Waals surface area contributed by atoms with E-state index in [1.807, 2.05) is 43.3 Å². The molecule has 0 fully saturated rings. The maximum Gasteiger partial charge on any atom is 0.0940 e. The number of nitriles is 1. The summed E-state index contributed by atoms with van der Waals surface area (Å²) < 4.78 is 12.9. The van der Waals surface area contributed by atoms with Crippen LogP contribution in [0.25, 0.3) is 0 Å². The van der Waals surface area contributed by atoms with Gasteiger partial charge in [-0.2, -0.15) is 5.26 Å². The van der Waals surface area contributed by atoms with Crippen molar-refractivity contribution in [2.24, 2.45) is 0 Å². The molecule has 126 valence electrons. The molecule has 0 N–H and O–H groups in total. The van der Waals surface area contributed by atoms with Crippen LogP contribution < -0.4 is 0 Å². The van der Waals surface area contributed by atoms with Crippen LogP contribution in [0, 0.1) is 18.3 Å². The van der Waals surface area contributed by atoms with Gasteiger partial charge in [0.25, 0.3) is 0 Å². The Kier molecular flexibility index (Phi) is 6.60. The van der Waals surface area contributed by atoms with Crippen LogP contribution in [0.3, 0.4) is 0 Å². The van der Waals surface area contributed by atoms with Gasteiger partial charge in [0.1, 0.15) is 0 Å². The third kappa shape index (κ3) is 4.47. The highest BCUT2D eigenvalue weighted by Gasteiger charge is 2.34. The lowest BCUT2D eigenvalue weighted by atomic mass is 9.79. The molecule has 2 rings (SSSR count). The molecule has 4 heteroatoms. The molecule has 0 radical (unpaired) electrons. The maximum atomic E-state index is 12.9. The molecule has 0 bridgehead atoms. The quantitative estimate of drug-likeness (QED) is 0.663. The summed E-state index contributed by atoms with van der Waals surface area (Å²) >= 11 is 5.98. The monoisotopic (exact) mass is 359 g/mol. The number of aryl methyl sites for hydroxylation is 1. The summed E-state index contributed by atoms with van der Waals surface area (Å²) in [5.74, 6) is 0.300. The molecule has 0 saturated carbocycles. The van der Waals surface area contributed by atoms with Gasteiger partial charge in [-0.1, -0.05) is 61.2 Å². The number of nitrogens with zero attached hydrogens (tertiary/aromatic N) is 1. The average Bonchev–Trinajstić information content (AvgIpc) is 2.60. The SMILES string of the molecule is CCCC[C@](C#N)(CS(=O)c1ccc(C)cc1)c1ccc(Cl)cc1. The Labute approximate surface area is 151 Å². The Morgan fingerprint density at radius 1 is 1.12 bits per heavy atom. The summed E-state index contributed by atoms with van der Waals surface area (Å²) in [4.78, 5) is 0.769. The fourth-order valence-corrected chi connectivity index (χ4v) is 4.25. The molecule has 2 nitrogen and oxygen atoms in total. The highest BCUT2D eigenvalue weighted by molar-refractivity contribution is 7.85. The van der Waals surface area contributed by atoms with Gasteiger partial charge in [0.2, 0.25) is 0 Å². The minimum Gasteiger partial charge on any atom is -0.254 e. The van der Waals surface area contributed by atoms with Gasteiger partial charge in [-0.05, 0) is 43.2 Å². The zero-order valence-corrected chi connectivity index (χ0v) is 15.7. The third-order valence-electron chi connectivity index (χ3n) is 4.23. The van der Waals surface area contributed by atoms with E-state index in [0.29, 0.717) is 17.2 Å². The Bertz CT molecular complexity index is 734. The van der Waals surface area contributed by atoms with E-state index in [0.717, 1.165) is 28.9 Å². The summed E-state index contributed by atoms with van der Waals surface area (Å²) in [5.41, 5.74) is 1.27. The molecule has 2 aromatic carbocycles. The smallest absolute Gasteiger partial charge is 0.0940 e. The largest absolute Gasteiger partial charge is 0.254 e. The van der Waals surface area contributed by atoms with Crippen LogP contribution in [0.4, 0.5) is 0 Å². The molecule has 0 saturated heterocycles. The Morgan fingerprint density at radius 3 is 2.29 bits per heavy atom. The van der Waals surface area contributed by atoms with Crippen LogP contribution in [-0.4, -0.2) is 9.96 Å². The standard InChI is InChI=1S/C20H22ClNOS/c1-3-4-13-20(14-22,17-7-9-18(21)10-8-17)15-24(23)19-11-5-16(2)6-12-19/h5-12H,3-4,13,15H2,1-2H3/t20-,24?/m0/s1. The fraction of sp³-hybridized carbons (Fsp3) is 0.350. The predicted octanol–water partition coefficient (Wildman–Crippen LogP) is 5.41. The highest BCUT2D eigenvalue weighted by Crippen LogP contribution is 2.33. The molecule has 0 heterocycles. The first kappa shape index (κ1) is 18.7.